The molecule has 0 amide bonds. The molecule has 6 rings (SSSR count). The zero-order valence-electron chi connectivity index (χ0n) is 21.1. The zero-order valence-corrected chi connectivity index (χ0v) is 21.9. The van der Waals surface area contributed by atoms with Crippen LogP contribution < -0.4 is 14.9 Å². The van der Waals surface area contributed by atoms with E-state index in [-0.39, 0.29) is 17.2 Å². The van der Waals surface area contributed by atoms with Gasteiger partial charge in [0.2, 0.25) is 0 Å². The minimum Gasteiger partial charge on any atom is -0.358 e. The van der Waals surface area contributed by atoms with E-state index in [0.29, 0.717) is 34.0 Å². The van der Waals surface area contributed by atoms with Crippen LogP contribution in [0.5, 0.6) is 5.75 Å². The number of rotatable bonds is 5. The predicted octanol–water partition coefficient (Wildman–Crippen LogP) is 5.25. The fourth-order valence-corrected chi connectivity index (χ4v) is 6.10. The summed E-state index contributed by atoms with van der Waals surface area (Å²) < 4.78 is 42.1. The topological polar surface area (TPSA) is 117 Å². The number of hydrogen-bond donors (Lipinski definition) is 2. The number of fused-ring (bicyclic) bond motifs is 4. The second kappa shape index (κ2) is 9.52. The van der Waals surface area contributed by atoms with E-state index in [1.807, 2.05) is 25.1 Å². The molecule has 0 radical (unpaired) electrons. The molecule has 5 aromatic rings. The van der Waals surface area contributed by atoms with Gasteiger partial charge in [0, 0.05) is 22.3 Å². The minimum atomic E-state index is -5.17. The second-order valence-corrected chi connectivity index (χ2v) is 10.7. The first kappa shape index (κ1) is 25.1. The molecule has 0 unspecified atom stereocenters. The van der Waals surface area contributed by atoms with Gasteiger partial charge in [-0.05, 0) is 85.4 Å². The van der Waals surface area contributed by atoms with Crippen molar-refractivity contribution < 1.29 is 16.5 Å². The number of nitriles is 1. The van der Waals surface area contributed by atoms with Crippen molar-refractivity contribution in [2.75, 3.05) is 13.1 Å². The van der Waals surface area contributed by atoms with Crippen LogP contribution in [0.4, 0.5) is 3.89 Å². The standard InChI is InChI=1S/C29H25FN4O4S/c1-2-18-14-24-26(15-23(18)19-4-3-5-21(13-19)38-39(30,36)37)34(20-8-10-32-11-9-20)29-27(28(24)35)22-7-6-17(16-31)12-25(22)33-29/h3-7,12-15,20,32-33H,2,8-11H2,1H3. The summed E-state index contributed by atoms with van der Waals surface area (Å²) in [5, 5.41) is 14.8. The SMILES string of the molecule is CCc1cc2c(=O)c3c4ccc(C#N)cc4[nH]c3n(C3CCNCC3)c2cc1-c1cccc(OS(=O)(=O)F)c1. The maximum Gasteiger partial charge on any atom is 0.488 e. The number of hydrogen-bond acceptors (Lipinski definition) is 6. The number of H-pyrrole nitrogens is 1. The van der Waals surface area contributed by atoms with Gasteiger partial charge in [-0.1, -0.05) is 29.0 Å². The Bertz CT molecular complexity index is 1980. The van der Waals surface area contributed by atoms with E-state index in [1.165, 1.54) is 12.1 Å². The highest BCUT2D eigenvalue weighted by molar-refractivity contribution is 7.81. The fourth-order valence-electron chi connectivity index (χ4n) is 5.77. The lowest BCUT2D eigenvalue weighted by atomic mass is 9.94. The van der Waals surface area contributed by atoms with Gasteiger partial charge in [-0.25, -0.2) is 0 Å². The predicted molar refractivity (Wildman–Crippen MR) is 149 cm³/mol. The van der Waals surface area contributed by atoms with E-state index in [1.54, 1.807) is 24.3 Å². The van der Waals surface area contributed by atoms with Crippen molar-refractivity contribution in [1.29, 1.82) is 5.26 Å². The number of nitrogens with zero attached hydrogens (tertiary/aromatic N) is 2. The maximum absolute atomic E-state index is 14.0. The highest BCUT2D eigenvalue weighted by Crippen LogP contribution is 2.36. The third-order valence-electron chi connectivity index (χ3n) is 7.50. The summed E-state index contributed by atoms with van der Waals surface area (Å²) in [5.74, 6) is -0.132. The van der Waals surface area contributed by atoms with Crippen molar-refractivity contribution in [3.05, 3.63) is 75.9 Å². The van der Waals surface area contributed by atoms with Crippen LogP contribution >= 0.6 is 0 Å². The van der Waals surface area contributed by atoms with Gasteiger partial charge in [-0.2, -0.15) is 13.7 Å². The van der Waals surface area contributed by atoms with Crippen molar-refractivity contribution in [2.24, 2.45) is 0 Å². The molecule has 0 spiro atoms. The monoisotopic (exact) mass is 544 g/mol. The lowest BCUT2D eigenvalue weighted by molar-refractivity contribution is 0.381. The van der Waals surface area contributed by atoms with Crippen LogP contribution in [0.15, 0.2) is 59.4 Å². The van der Waals surface area contributed by atoms with Gasteiger partial charge >= 0.3 is 10.5 Å². The number of benzene rings is 3. The number of halogens is 1. The first-order chi connectivity index (χ1) is 18.8. The molecule has 198 valence electrons. The van der Waals surface area contributed by atoms with E-state index >= 15 is 0 Å². The summed E-state index contributed by atoms with van der Waals surface area (Å²) in [7, 11) is -5.17. The summed E-state index contributed by atoms with van der Waals surface area (Å²) in [6.07, 6.45) is 2.35. The van der Waals surface area contributed by atoms with Gasteiger partial charge in [0.15, 0.2) is 5.43 Å². The molecule has 39 heavy (non-hydrogen) atoms. The van der Waals surface area contributed by atoms with Crippen molar-refractivity contribution in [1.82, 2.24) is 14.9 Å². The molecule has 2 N–H and O–H groups in total. The average Bonchev–Trinajstić information content (AvgIpc) is 3.31. The van der Waals surface area contributed by atoms with Gasteiger partial charge in [0.05, 0.1) is 22.5 Å². The van der Waals surface area contributed by atoms with E-state index in [0.717, 1.165) is 53.5 Å². The van der Waals surface area contributed by atoms with Gasteiger partial charge in [-0.3, -0.25) is 4.79 Å². The second-order valence-electron chi connectivity index (χ2n) is 9.79. The van der Waals surface area contributed by atoms with Crippen molar-refractivity contribution >= 4 is 43.3 Å². The van der Waals surface area contributed by atoms with E-state index in [9.17, 15) is 22.4 Å². The molecule has 8 nitrogen and oxygen atoms in total. The zero-order chi connectivity index (χ0) is 27.3. The fraction of sp³-hybridized carbons (Fsp3) is 0.241. The van der Waals surface area contributed by atoms with Gasteiger partial charge in [-0.15, -0.1) is 0 Å². The third-order valence-corrected chi connectivity index (χ3v) is 7.89. The van der Waals surface area contributed by atoms with Crippen LogP contribution in [0.1, 0.15) is 36.9 Å². The Morgan fingerprint density at radius 1 is 1.10 bits per heavy atom. The van der Waals surface area contributed by atoms with Crippen molar-refractivity contribution in [3.8, 4) is 22.9 Å². The van der Waals surface area contributed by atoms with Crippen LogP contribution in [0.25, 0.3) is 44.0 Å². The highest BCUT2D eigenvalue weighted by Gasteiger charge is 2.24. The molecule has 10 heteroatoms. The maximum atomic E-state index is 14.0. The molecule has 2 aromatic heterocycles. The Hall–Kier alpha value is -4.20. The molecular formula is C29H25FN4O4S. The van der Waals surface area contributed by atoms with Gasteiger partial charge in [0.1, 0.15) is 11.4 Å². The molecule has 1 aliphatic rings. The molecule has 0 saturated carbocycles. The number of aryl methyl sites for hydroxylation is 1. The Balaban J connectivity index is 1.69. The number of piperidine rings is 1. The normalized spacial score (nSPS) is 14.7. The van der Waals surface area contributed by atoms with E-state index in [4.69, 9.17) is 0 Å². The van der Waals surface area contributed by atoms with Gasteiger partial charge in [0.25, 0.3) is 0 Å². The molecule has 3 aromatic carbocycles. The van der Waals surface area contributed by atoms with Crippen molar-refractivity contribution in [2.45, 2.75) is 32.2 Å². The lowest BCUT2D eigenvalue weighted by Crippen LogP contribution is -2.30. The van der Waals surface area contributed by atoms with Crippen LogP contribution in [-0.2, 0) is 16.9 Å². The molecule has 0 atom stereocenters. The number of aromatic nitrogens is 2. The highest BCUT2D eigenvalue weighted by atomic mass is 32.3. The Kier molecular flexibility index (Phi) is 6.13. The quantitative estimate of drug-likeness (QED) is 0.292. The number of nitrogens with one attached hydrogen (secondary N) is 2. The molecule has 3 heterocycles. The first-order valence-corrected chi connectivity index (χ1v) is 14.1. The van der Waals surface area contributed by atoms with Crippen LogP contribution in [0.2, 0.25) is 0 Å². The summed E-state index contributed by atoms with van der Waals surface area (Å²) in [6, 6.07) is 17.7. The molecule has 1 fully saturated rings. The molecule has 1 aliphatic heterocycles. The van der Waals surface area contributed by atoms with E-state index < -0.39 is 10.5 Å². The Morgan fingerprint density at radius 2 is 1.90 bits per heavy atom. The van der Waals surface area contributed by atoms with Gasteiger partial charge < -0.3 is 19.1 Å². The number of pyridine rings is 1. The minimum absolute atomic E-state index is 0.0944. The molecule has 1 saturated heterocycles. The largest absolute Gasteiger partial charge is 0.488 e. The summed E-state index contributed by atoms with van der Waals surface area (Å²) in [4.78, 5) is 17.5. The Morgan fingerprint density at radius 3 is 2.62 bits per heavy atom. The molecular weight excluding hydrogens is 519 g/mol. The smallest absolute Gasteiger partial charge is 0.358 e. The number of aromatic amines is 1. The summed E-state index contributed by atoms with van der Waals surface area (Å²) in [5.41, 5.74) is 4.94. The summed E-state index contributed by atoms with van der Waals surface area (Å²) in [6.45, 7) is 3.67. The average molecular weight is 545 g/mol. The van der Waals surface area contributed by atoms with Crippen LogP contribution in [0.3, 0.4) is 0 Å². The third kappa shape index (κ3) is 4.43. The van der Waals surface area contributed by atoms with E-state index in [2.05, 4.69) is 25.1 Å². The summed E-state index contributed by atoms with van der Waals surface area (Å²) >= 11 is 0. The lowest BCUT2D eigenvalue weighted by Gasteiger charge is -2.28. The van der Waals surface area contributed by atoms with Crippen LogP contribution in [0, 0.1) is 11.3 Å². The Labute approximate surface area is 224 Å². The molecule has 0 bridgehead atoms. The molecule has 0 aliphatic carbocycles. The first-order valence-electron chi connectivity index (χ1n) is 12.8. The van der Waals surface area contributed by atoms with Crippen molar-refractivity contribution in [3.63, 3.8) is 0 Å². The van der Waals surface area contributed by atoms with Crippen LogP contribution in [-0.4, -0.2) is 31.1 Å².